The highest BCUT2D eigenvalue weighted by Crippen LogP contribution is 2.35. The zero-order valence-electron chi connectivity index (χ0n) is 11.8. The number of rotatable bonds is 2. The number of benzene rings is 1. The van der Waals surface area contributed by atoms with Gasteiger partial charge in [-0.25, -0.2) is 0 Å². The van der Waals surface area contributed by atoms with Crippen molar-refractivity contribution in [1.82, 2.24) is 14.7 Å². The molecule has 0 saturated carbocycles. The minimum atomic E-state index is -4.44. The molecule has 2 aromatic rings. The number of alkyl halides is 3. The quantitative estimate of drug-likeness (QED) is 0.855. The number of hydrogen-bond acceptors (Lipinski definition) is 2. The fourth-order valence-corrected chi connectivity index (χ4v) is 2.81. The van der Waals surface area contributed by atoms with Gasteiger partial charge in [0.1, 0.15) is 6.54 Å². The van der Waals surface area contributed by atoms with Gasteiger partial charge >= 0.3 is 6.18 Å². The molecule has 1 amide bonds. The molecule has 1 aromatic carbocycles. The van der Waals surface area contributed by atoms with Crippen LogP contribution < -0.4 is 0 Å². The third-order valence-electron chi connectivity index (χ3n) is 3.76. The maximum Gasteiger partial charge on any atom is 0.406 e. The predicted molar refractivity (Wildman–Crippen MR) is 73.2 cm³/mol. The summed E-state index contributed by atoms with van der Waals surface area (Å²) >= 11 is 0. The van der Waals surface area contributed by atoms with E-state index in [0.717, 1.165) is 10.5 Å². The van der Waals surface area contributed by atoms with E-state index < -0.39 is 24.7 Å². The van der Waals surface area contributed by atoms with Gasteiger partial charge in [-0.1, -0.05) is 18.2 Å². The summed E-state index contributed by atoms with van der Waals surface area (Å²) in [5.74, 6) is -0.590. The van der Waals surface area contributed by atoms with Crippen LogP contribution in [-0.4, -0.2) is 33.3 Å². The van der Waals surface area contributed by atoms with E-state index in [1.165, 1.54) is 10.9 Å². The molecule has 0 aliphatic carbocycles. The van der Waals surface area contributed by atoms with Crippen molar-refractivity contribution < 1.29 is 18.0 Å². The largest absolute Gasteiger partial charge is 0.406 e. The first kappa shape index (κ1) is 14.6. The predicted octanol–water partition coefficient (Wildman–Crippen LogP) is 2.72. The summed E-state index contributed by atoms with van der Waals surface area (Å²) in [6.07, 6.45) is -0.934. The lowest BCUT2D eigenvalue weighted by atomic mass is 9.90. The number of halogens is 3. The number of fused-ring (bicyclic) bond motifs is 1. The van der Waals surface area contributed by atoms with Crippen molar-refractivity contribution in [2.24, 2.45) is 7.05 Å². The Labute approximate surface area is 125 Å². The average Bonchev–Trinajstić information content (AvgIpc) is 2.87. The number of carbonyl (C=O) groups excluding carboxylic acids is 1. The molecule has 1 aromatic heterocycles. The van der Waals surface area contributed by atoms with Crippen LogP contribution in [0.1, 0.15) is 27.5 Å². The smallest absolute Gasteiger partial charge is 0.322 e. The van der Waals surface area contributed by atoms with E-state index in [4.69, 9.17) is 0 Å². The number of hydrogen-bond donors (Lipinski definition) is 0. The summed E-state index contributed by atoms with van der Waals surface area (Å²) in [6, 6.07) is 6.14. The van der Waals surface area contributed by atoms with E-state index in [2.05, 4.69) is 5.10 Å². The van der Waals surface area contributed by atoms with E-state index in [1.54, 1.807) is 37.5 Å². The second kappa shape index (κ2) is 5.15. The van der Waals surface area contributed by atoms with Crippen LogP contribution in [-0.2, 0) is 13.5 Å². The molecule has 4 nitrogen and oxygen atoms in total. The van der Waals surface area contributed by atoms with Gasteiger partial charge in [-0.2, -0.15) is 18.3 Å². The van der Waals surface area contributed by atoms with Gasteiger partial charge in [-0.3, -0.25) is 9.48 Å². The fraction of sp³-hybridized carbons (Fsp3) is 0.333. The molecular weight excluding hydrogens is 295 g/mol. The minimum absolute atomic E-state index is 0.340. The van der Waals surface area contributed by atoms with Crippen LogP contribution in [0.2, 0.25) is 0 Å². The van der Waals surface area contributed by atoms with E-state index in [9.17, 15) is 18.0 Å². The highest BCUT2D eigenvalue weighted by molar-refractivity contribution is 5.97. The molecular formula is C15H14F3N3O. The third-order valence-corrected chi connectivity index (χ3v) is 3.76. The molecule has 116 valence electrons. The lowest BCUT2D eigenvalue weighted by molar-refractivity contribution is -0.145. The van der Waals surface area contributed by atoms with Crippen LogP contribution >= 0.6 is 0 Å². The maximum absolute atomic E-state index is 12.9. The molecule has 2 heterocycles. The first-order valence-corrected chi connectivity index (χ1v) is 6.79. The van der Waals surface area contributed by atoms with Gasteiger partial charge in [0.2, 0.25) is 0 Å². The Balaban J connectivity index is 2.04. The summed E-state index contributed by atoms with van der Waals surface area (Å²) in [5.41, 5.74) is 1.71. The Morgan fingerprint density at radius 3 is 2.68 bits per heavy atom. The van der Waals surface area contributed by atoms with Gasteiger partial charge in [0.25, 0.3) is 5.91 Å². The van der Waals surface area contributed by atoms with Crippen molar-refractivity contribution in [2.45, 2.75) is 18.6 Å². The summed E-state index contributed by atoms with van der Waals surface area (Å²) < 4.78 is 40.1. The van der Waals surface area contributed by atoms with Crippen molar-refractivity contribution in [1.29, 1.82) is 0 Å². The molecule has 7 heteroatoms. The second-order valence-corrected chi connectivity index (χ2v) is 5.37. The van der Waals surface area contributed by atoms with Crippen LogP contribution in [0.3, 0.4) is 0 Å². The van der Waals surface area contributed by atoms with Gasteiger partial charge in [-0.15, -0.1) is 0 Å². The van der Waals surface area contributed by atoms with Gasteiger partial charge in [0.15, 0.2) is 0 Å². The van der Waals surface area contributed by atoms with E-state index >= 15 is 0 Å². The SMILES string of the molecule is Cn1cc(C2Cc3ccccc3C(=O)N2CC(F)(F)F)cn1. The van der Waals surface area contributed by atoms with Gasteiger partial charge in [-0.05, 0) is 18.1 Å². The number of nitrogens with zero attached hydrogens (tertiary/aromatic N) is 3. The Morgan fingerprint density at radius 1 is 1.32 bits per heavy atom. The molecule has 0 fully saturated rings. The summed E-state index contributed by atoms with van der Waals surface area (Å²) in [6.45, 7) is -1.26. The summed E-state index contributed by atoms with van der Waals surface area (Å²) in [7, 11) is 1.69. The Kier molecular flexibility index (Phi) is 3.42. The molecule has 3 rings (SSSR count). The number of carbonyl (C=O) groups is 1. The molecule has 1 atom stereocenters. The van der Waals surface area contributed by atoms with Crippen LogP contribution in [0.25, 0.3) is 0 Å². The van der Waals surface area contributed by atoms with Crippen molar-refractivity contribution in [2.75, 3.05) is 6.54 Å². The summed E-state index contributed by atoms with van der Waals surface area (Å²) in [4.78, 5) is 13.4. The lowest BCUT2D eigenvalue weighted by Gasteiger charge is -2.36. The molecule has 1 aliphatic rings. The van der Waals surface area contributed by atoms with Crippen molar-refractivity contribution in [3.63, 3.8) is 0 Å². The standard InChI is InChI=1S/C15H14F3N3O/c1-20-8-11(7-19-20)13-6-10-4-2-3-5-12(10)14(22)21(13)9-15(16,17)18/h2-5,7-8,13H,6,9H2,1H3. The average molecular weight is 309 g/mol. The van der Waals surface area contributed by atoms with Gasteiger partial charge in [0, 0.05) is 24.4 Å². The first-order chi connectivity index (χ1) is 10.3. The second-order valence-electron chi connectivity index (χ2n) is 5.37. The zero-order valence-corrected chi connectivity index (χ0v) is 11.8. The van der Waals surface area contributed by atoms with E-state index in [-0.39, 0.29) is 0 Å². The van der Waals surface area contributed by atoms with Gasteiger partial charge < -0.3 is 4.90 Å². The van der Waals surface area contributed by atoms with Crippen LogP contribution in [0.15, 0.2) is 36.7 Å². The highest BCUT2D eigenvalue weighted by Gasteiger charge is 2.40. The zero-order chi connectivity index (χ0) is 15.9. The van der Waals surface area contributed by atoms with Crippen LogP contribution in [0.5, 0.6) is 0 Å². The van der Waals surface area contributed by atoms with Gasteiger partial charge in [0.05, 0.1) is 12.2 Å². The molecule has 22 heavy (non-hydrogen) atoms. The highest BCUT2D eigenvalue weighted by atomic mass is 19.4. The molecule has 0 saturated heterocycles. The maximum atomic E-state index is 12.9. The molecule has 1 aliphatic heterocycles. The normalized spacial score (nSPS) is 18.5. The van der Waals surface area contributed by atoms with Crippen LogP contribution in [0.4, 0.5) is 13.2 Å². The number of amides is 1. The molecule has 0 radical (unpaired) electrons. The first-order valence-electron chi connectivity index (χ1n) is 6.79. The summed E-state index contributed by atoms with van der Waals surface area (Å²) in [5, 5.41) is 4.00. The molecule has 0 spiro atoms. The molecule has 0 N–H and O–H groups in total. The molecule has 1 unspecified atom stereocenters. The monoisotopic (exact) mass is 309 g/mol. The van der Waals surface area contributed by atoms with Crippen LogP contribution in [0, 0.1) is 0 Å². The Bertz CT molecular complexity index is 708. The lowest BCUT2D eigenvalue weighted by Crippen LogP contribution is -2.45. The van der Waals surface area contributed by atoms with E-state index in [1.807, 2.05) is 0 Å². The van der Waals surface area contributed by atoms with Crippen molar-refractivity contribution in [3.05, 3.63) is 53.3 Å². The molecule has 0 bridgehead atoms. The number of aromatic nitrogens is 2. The topological polar surface area (TPSA) is 38.1 Å². The third kappa shape index (κ3) is 2.70. The Morgan fingerprint density at radius 2 is 2.05 bits per heavy atom. The van der Waals surface area contributed by atoms with E-state index in [0.29, 0.717) is 17.5 Å². The van der Waals surface area contributed by atoms with Crippen molar-refractivity contribution in [3.8, 4) is 0 Å². The number of aryl methyl sites for hydroxylation is 1. The fourth-order valence-electron chi connectivity index (χ4n) is 2.81. The Hall–Kier alpha value is -2.31. The minimum Gasteiger partial charge on any atom is -0.322 e. The van der Waals surface area contributed by atoms with Crippen molar-refractivity contribution >= 4 is 5.91 Å².